The molecule has 0 bridgehead atoms. The van der Waals surface area contributed by atoms with Gasteiger partial charge in [0.2, 0.25) is 5.91 Å². The molecule has 2 aliphatic rings. The second-order valence-electron chi connectivity index (χ2n) is 8.61. The Morgan fingerprint density at radius 3 is 2.45 bits per heavy atom. The van der Waals surface area contributed by atoms with Crippen LogP contribution in [0, 0.1) is 17.1 Å². The lowest BCUT2D eigenvalue weighted by Gasteiger charge is -2.24. The number of hydrogen-bond acceptors (Lipinski definition) is 4. The Balaban J connectivity index is 1.47. The van der Waals surface area contributed by atoms with Gasteiger partial charge in [-0.2, -0.15) is 5.26 Å². The van der Waals surface area contributed by atoms with Gasteiger partial charge in [-0.3, -0.25) is 14.5 Å². The van der Waals surface area contributed by atoms with Gasteiger partial charge in [-0.1, -0.05) is 37.1 Å². The van der Waals surface area contributed by atoms with E-state index in [-0.39, 0.29) is 43.7 Å². The fourth-order valence-electron chi connectivity index (χ4n) is 4.56. The zero-order valence-corrected chi connectivity index (χ0v) is 18.2. The highest BCUT2D eigenvalue weighted by molar-refractivity contribution is 6.07. The molecule has 170 valence electrons. The summed E-state index contributed by atoms with van der Waals surface area (Å²) in [6.45, 7) is 0.435. The first-order valence-corrected chi connectivity index (χ1v) is 11.1. The number of nitrogens with zero attached hydrogens (tertiary/aromatic N) is 3. The molecule has 4 amide bonds. The first-order valence-electron chi connectivity index (χ1n) is 11.1. The third-order valence-corrected chi connectivity index (χ3v) is 6.32. The van der Waals surface area contributed by atoms with Crippen molar-refractivity contribution in [1.82, 2.24) is 15.1 Å². The number of hydrogen-bond donors (Lipinski definition) is 1. The molecule has 1 aliphatic heterocycles. The molecule has 0 radical (unpaired) electrons. The highest BCUT2D eigenvalue weighted by Gasteiger charge is 2.52. The van der Waals surface area contributed by atoms with Crippen molar-refractivity contribution in [2.24, 2.45) is 0 Å². The third-order valence-electron chi connectivity index (χ3n) is 6.32. The van der Waals surface area contributed by atoms with Gasteiger partial charge in [0.25, 0.3) is 5.91 Å². The van der Waals surface area contributed by atoms with Crippen LogP contribution in [0.5, 0.6) is 0 Å². The molecule has 4 rings (SSSR count). The monoisotopic (exact) mass is 448 g/mol. The number of benzene rings is 2. The normalized spacial score (nSPS) is 16.7. The van der Waals surface area contributed by atoms with Gasteiger partial charge < -0.3 is 10.2 Å². The van der Waals surface area contributed by atoms with Crippen molar-refractivity contribution in [1.29, 1.82) is 5.26 Å². The molecule has 0 atom stereocenters. The lowest BCUT2D eigenvalue weighted by molar-refractivity contribution is -0.134. The maximum absolute atomic E-state index is 13.7. The van der Waals surface area contributed by atoms with E-state index in [2.05, 4.69) is 11.4 Å². The molecular formula is C25H25FN4O3. The number of carbonyl (C=O) groups excluding carboxylic acids is 3. The second-order valence-corrected chi connectivity index (χ2v) is 8.61. The quantitative estimate of drug-likeness (QED) is 0.657. The summed E-state index contributed by atoms with van der Waals surface area (Å²) in [6.07, 6.45) is 3.02. The van der Waals surface area contributed by atoms with E-state index in [0.29, 0.717) is 24.0 Å². The molecule has 7 nitrogen and oxygen atoms in total. The van der Waals surface area contributed by atoms with Crippen molar-refractivity contribution < 1.29 is 18.8 Å². The van der Waals surface area contributed by atoms with Gasteiger partial charge in [0.1, 0.15) is 11.4 Å². The van der Waals surface area contributed by atoms with Gasteiger partial charge in [0.05, 0.1) is 11.6 Å². The predicted molar refractivity (Wildman–Crippen MR) is 118 cm³/mol. The largest absolute Gasteiger partial charge is 0.334 e. The van der Waals surface area contributed by atoms with Gasteiger partial charge in [-0.15, -0.1) is 0 Å². The highest BCUT2D eigenvalue weighted by atomic mass is 19.1. The van der Waals surface area contributed by atoms with Gasteiger partial charge in [-0.25, -0.2) is 9.18 Å². The SMILES string of the molecule is N#Cc1ccc(CN(Cc2cccc(F)c2)C(=O)CCN2C(=O)NC3(CCCC3)C2=O)cc1. The van der Waals surface area contributed by atoms with Crippen molar-refractivity contribution in [3.8, 4) is 6.07 Å². The van der Waals surface area contributed by atoms with E-state index in [1.54, 1.807) is 41.3 Å². The third kappa shape index (κ3) is 4.87. The summed E-state index contributed by atoms with van der Waals surface area (Å²) in [5.74, 6) is -0.891. The van der Waals surface area contributed by atoms with Crippen molar-refractivity contribution >= 4 is 17.8 Å². The highest BCUT2D eigenvalue weighted by Crippen LogP contribution is 2.35. The van der Waals surface area contributed by atoms with Gasteiger partial charge in [0, 0.05) is 26.1 Å². The van der Waals surface area contributed by atoms with Crippen LogP contribution in [0.25, 0.3) is 0 Å². The molecule has 0 aromatic heterocycles. The number of halogens is 1. The Hall–Kier alpha value is -3.73. The molecule has 2 fully saturated rings. The Labute approximate surface area is 191 Å². The average Bonchev–Trinajstić information content (AvgIpc) is 3.37. The van der Waals surface area contributed by atoms with E-state index in [4.69, 9.17) is 5.26 Å². The zero-order chi connectivity index (χ0) is 23.4. The minimum Gasteiger partial charge on any atom is -0.334 e. The topological polar surface area (TPSA) is 93.5 Å². The van der Waals surface area contributed by atoms with Crippen LogP contribution in [0.1, 0.15) is 48.8 Å². The lowest BCUT2D eigenvalue weighted by atomic mass is 9.98. The van der Waals surface area contributed by atoms with Crippen LogP contribution in [0.2, 0.25) is 0 Å². The summed E-state index contributed by atoms with van der Waals surface area (Å²) in [7, 11) is 0. The zero-order valence-electron chi connectivity index (χ0n) is 18.2. The molecule has 1 aliphatic carbocycles. The number of imide groups is 1. The molecule has 1 heterocycles. The standard InChI is InChI=1S/C25H25FN4O3/c26-21-5-3-4-20(14-21)17-29(16-19-8-6-18(15-27)7-9-19)22(31)10-13-30-23(32)25(28-24(30)33)11-1-2-12-25/h3-9,14H,1-2,10-13,16-17H2,(H,28,33). The van der Waals surface area contributed by atoms with Crippen LogP contribution in [0.3, 0.4) is 0 Å². The molecule has 2 aromatic carbocycles. The number of urea groups is 1. The molecule has 33 heavy (non-hydrogen) atoms. The predicted octanol–water partition coefficient (Wildman–Crippen LogP) is 3.48. The number of nitrogens with one attached hydrogen (secondary N) is 1. The molecule has 8 heteroatoms. The van der Waals surface area contributed by atoms with Crippen LogP contribution < -0.4 is 5.32 Å². The van der Waals surface area contributed by atoms with Crippen LogP contribution in [-0.4, -0.2) is 39.7 Å². The lowest BCUT2D eigenvalue weighted by Crippen LogP contribution is -2.44. The maximum Gasteiger partial charge on any atom is 0.325 e. The summed E-state index contributed by atoms with van der Waals surface area (Å²) >= 11 is 0. The first kappa shape index (κ1) is 22.5. The summed E-state index contributed by atoms with van der Waals surface area (Å²) in [5, 5.41) is 11.8. The number of carbonyl (C=O) groups is 3. The van der Waals surface area contributed by atoms with Crippen molar-refractivity contribution in [3.05, 3.63) is 71.0 Å². The summed E-state index contributed by atoms with van der Waals surface area (Å²) in [4.78, 5) is 41.1. The summed E-state index contributed by atoms with van der Waals surface area (Å²) in [5.41, 5.74) is 1.17. The van der Waals surface area contributed by atoms with Crippen LogP contribution >= 0.6 is 0 Å². The molecular weight excluding hydrogens is 423 g/mol. The molecule has 1 saturated heterocycles. The van der Waals surface area contributed by atoms with Crippen LogP contribution in [-0.2, 0) is 22.7 Å². The van der Waals surface area contributed by atoms with Crippen molar-refractivity contribution in [2.75, 3.05) is 6.54 Å². The van der Waals surface area contributed by atoms with Gasteiger partial charge in [-0.05, 0) is 48.2 Å². The van der Waals surface area contributed by atoms with E-state index in [1.807, 2.05) is 0 Å². The van der Waals surface area contributed by atoms with E-state index < -0.39 is 11.6 Å². The van der Waals surface area contributed by atoms with Gasteiger partial charge >= 0.3 is 6.03 Å². The Kier molecular flexibility index (Phi) is 6.40. The van der Waals surface area contributed by atoms with Crippen molar-refractivity contribution in [3.63, 3.8) is 0 Å². The van der Waals surface area contributed by atoms with E-state index in [0.717, 1.165) is 23.3 Å². The molecule has 1 N–H and O–H groups in total. The fraction of sp³-hybridized carbons (Fsp3) is 0.360. The average molecular weight is 448 g/mol. The maximum atomic E-state index is 13.7. The smallest absolute Gasteiger partial charge is 0.325 e. The number of amides is 4. The molecule has 1 spiro atoms. The number of nitriles is 1. The minimum absolute atomic E-state index is 0.00172. The minimum atomic E-state index is -0.802. The number of rotatable bonds is 7. The fourth-order valence-corrected chi connectivity index (χ4v) is 4.56. The Morgan fingerprint density at radius 1 is 1.09 bits per heavy atom. The van der Waals surface area contributed by atoms with E-state index in [1.165, 1.54) is 12.1 Å². The van der Waals surface area contributed by atoms with Crippen LogP contribution in [0.4, 0.5) is 9.18 Å². The molecule has 2 aromatic rings. The van der Waals surface area contributed by atoms with Crippen molar-refractivity contribution in [2.45, 2.75) is 50.7 Å². The second kappa shape index (κ2) is 9.41. The first-order chi connectivity index (χ1) is 15.9. The van der Waals surface area contributed by atoms with Gasteiger partial charge in [0.15, 0.2) is 0 Å². The van der Waals surface area contributed by atoms with E-state index >= 15 is 0 Å². The Morgan fingerprint density at radius 2 is 1.79 bits per heavy atom. The Bertz CT molecular complexity index is 1100. The summed E-state index contributed by atoms with van der Waals surface area (Å²) < 4.78 is 13.7. The summed E-state index contributed by atoms with van der Waals surface area (Å²) in [6, 6.07) is 14.5. The molecule has 1 saturated carbocycles. The van der Waals surface area contributed by atoms with E-state index in [9.17, 15) is 18.8 Å². The molecule has 0 unspecified atom stereocenters. The van der Waals surface area contributed by atoms with Crippen LogP contribution in [0.15, 0.2) is 48.5 Å².